The highest BCUT2D eigenvalue weighted by molar-refractivity contribution is 7.82. The van der Waals surface area contributed by atoms with Gasteiger partial charge in [0, 0.05) is 21.5 Å². The third-order valence-corrected chi connectivity index (χ3v) is 7.37. The van der Waals surface area contributed by atoms with Crippen molar-refractivity contribution in [2.45, 2.75) is 19.3 Å². The Balaban J connectivity index is 2.28. The summed E-state index contributed by atoms with van der Waals surface area (Å²) in [6.45, 7) is 0. The Morgan fingerprint density at radius 3 is 1.82 bits per heavy atom. The maximum absolute atomic E-state index is 14.0. The summed E-state index contributed by atoms with van der Waals surface area (Å²) in [5.74, 6) is -0.945. The normalized spacial score (nSPS) is 15.1. The predicted octanol–water partition coefficient (Wildman–Crippen LogP) is 3.52. The van der Waals surface area contributed by atoms with Crippen molar-refractivity contribution in [1.82, 2.24) is 0 Å². The molecule has 0 fully saturated rings. The number of aliphatic carboxylic acids is 1. The minimum atomic E-state index is -3.08. The van der Waals surface area contributed by atoms with Crippen LogP contribution in [-0.4, -0.2) is 11.1 Å². The molecule has 3 rings (SSSR count). The lowest BCUT2D eigenvalue weighted by Crippen LogP contribution is -2.18. The average Bonchev–Trinajstić information content (AvgIpc) is 3.06. The molecule has 0 amide bonds. The summed E-state index contributed by atoms with van der Waals surface area (Å²) in [5, 5.41) is 11.5. The van der Waals surface area contributed by atoms with Crippen LogP contribution in [0.25, 0.3) is 0 Å². The molecule has 2 aromatic rings. The summed E-state index contributed by atoms with van der Waals surface area (Å²) in [6, 6.07) is 18.5. The zero-order valence-electron chi connectivity index (χ0n) is 12.1. The SMILES string of the molecule is O=C(O)C1=C(P(=O)(c2ccccc2)c2ccccc2)CCC1. The Morgan fingerprint density at radius 1 is 0.864 bits per heavy atom. The molecule has 0 aliphatic heterocycles. The number of rotatable bonds is 4. The van der Waals surface area contributed by atoms with Gasteiger partial charge in [0.2, 0.25) is 0 Å². The van der Waals surface area contributed by atoms with Crippen LogP contribution < -0.4 is 10.6 Å². The van der Waals surface area contributed by atoms with Crippen LogP contribution in [0.15, 0.2) is 71.6 Å². The molecular formula is C18H17O3P. The number of carbonyl (C=O) groups is 1. The zero-order valence-corrected chi connectivity index (χ0v) is 13.0. The largest absolute Gasteiger partial charge is 0.478 e. The molecule has 1 N–H and O–H groups in total. The highest BCUT2D eigenvalue weighted by Gasteiger charge is 2.37. The second-order valence-corrected chi connectivity index (χ2v) is 8.16. The maximum Gasteiger partial charge on any atom is 0.332 e. The van der Waals surface area contributed by atoms with Crippen molar-refractivity contribution in [3.63, 3.8) is 0 Å². The number of benzene rings is 2. The van der Waals surface area contributed by atoms with Crippen LogP contribution in [0.5, 0.6) is 0 Å². The van der Waals surface area contributed by atoms with Gasteiger partial charge in [0.25, 0.3) is 0 Å². The second-order valence-electron chi connectivity index (χ2n) is 5.36. The van der Waals surface area contributed by atoms with E-state index in [-0.39, 0.29) is 0 Å². The van der Waals surface area contributed by atoms with E-state index in [1.165, 1.54) is 0 Å². The Hall–Kier alpha value is -2.12. The first-order chi connectivity index (χ1) is 10.6. The smallest absolute Gasteiger partial charge is 0.332 e. The Morgan fingerprint density at radius 2 is 1.36 bits per heavy atom. The molecule has 3 nitrogen and oxygen atoms in total. The molecule has 1 aliphatic rings. The molecule has 0 atom stereocenters. The zero-order chi connectivity index (χ0) is 15.6. The first-order valence-electron chi connectivity index (χ1n) is 7.31. The van der Waals surface area contributed by atoms with Crippen molar-refractivity contribution in [2.75, 3.05) is 0 Å². The molecule has 112 valence electrons. The van der Waals surface area contributed by atoms with E-state index in [1.54, 1.807) is 0 Å². The molecule has 2 aromatic carbocycles. The lowest BCUT2D eigenvalue weighted by atomic mass is 10.2. The van der Waals surface area contributed by atoms with Crippen LogP contribution in [-0.2, 0) is 9.36 Å². The van der Waals surface area contributed by atoms with Crippen molar-refractivity contribution in [2.24, 2.45) is 0 Å². The van der Waals surface area contributed by atoms with Crippen LogP contribution in [0, 0.1) is 0 Å². The molecule has 0 spiro atoms. The molecule has 0 heterocycles. The standard InChI is InChI=1S/C18H17O3P/c19-18(20)16-12-7-13-17(16)22(21,14-8-3-1-4-9-14)15-10-5-2-6-11-15/h1-6,8-11H,7,12-13H2,(H,19,20). The van der Waals surface area contributed by atoms with Gasteiger partial charge in [-0.25, -0.2) is 4.79 Å². The van der Waals surface area contributed by atoms with Gasteiger partial charge in [-0.1, -0.05) is 60.7 Å². The lowest BCUT2D eigenvalue weighted by Gasteiger charge is -2.21. The van der Waals surface area contributed by atoms with Crippen molar-refractivity contribution in [1.29, 1.82) is 0 Å². The molecule has 0 saturated carbocycles. The van der Waals surface area contributed by atoms with Gasteiger partial charge in [-0.3, -0.25) is 0 Å². The molecule has 0 radical (unpaired) electrons. The quantitative estimate of drug-likeness (QED) is 0.879. The summed E-state index contributed by atoms with van der Waals surface area (Å²) in [5.41, 5.74) is 0.330. The first-order valence-corrected chi connectivity index (χ1v) is 9.02. The summed E-state index contributed by atoms with van der Waals surface area (Å²) >= 11 is 0. The Labute approximate surface area is 129 Å². The van der Waals surface area contributed by atoms with E-state index < -0.39 is 13.1 Å². The third-order valence-electron chi connectivity index (χ3n) is 4.07. The van der Waals surface area contributed by atoms with Crippen LogP contribution in [0.3, 0.4) is 0 Å². The summed E-state index contributed by atoms with van der Waals surface area (Å²) in [6.07, 6.45) is 1.83. The summed E-state index contributed by atoms with van der Waals surface area (Å²) < 4.78 is 14.0. The van der Waals surface area contributed by atoms with Gasteiger partial charge in [-0.05, 0) is 19.3 Å². The van der Waals surface area contributed by atoms with E-state index in [0.717, 1.165) is 6.42 Å². The van der Waals surface area contributed by atoms with Gasteiger partial charge < -0.3 is 9.67 Å². The molecule has 22 heavy (non-hydrogen) atoms. The van der Waals surface area contributed by atoms with E-state index in [0.29, 0.717) is 34.3 Å². The number of hydrogen-bond donors (Lipinski definition) is 1. The monoisotopic (exact) mass is 312 g/mol. The maximum atomic E-state index is 14.0. The van der Waals surface area contributed by atoms with Gasteiger partial charge in [0.05, 0.1) is 0 Å². The van der Waals surface area contributed by atoms with Gasteiger partial charge in [-0.15, -0.1) is 0 Å². The number of carboxylic acid groups (broad SMARTS) is 1. The Kier molecular flexibility index (Phi) is 4.00. The highest BCUT2D eigenvalue weighted by Crippen LogP contribution is 2.57. The third kappa shape index (κ3) is 2.42. The van der Waals surface area contributed by atoms with Crippen LogP contribution in [0.2, 0.25) is 0 Å². The molecule has 0 aromatic heterocycles. The minimum Gasteiger partial charge on any atom is -0.478 e. The molecule has 0 bridgehead atoms. The van der Waals surface area contributed by atoms with Gasteiger partial charge in [0.15, 0.2) is 7.14 Å². The fourth-order valence-electron chi connectivity index (χ4n) is 3.04. The number of hydrogen-bond acceptors (Lipinski definition) is 2. The van der Waals surface area contributed by atoms with E-state index in [4.69, 9.17) is 0 Å². The van der Waals surface area contributed by atoms with Crippen molar-refractivity contribution < 1.29 is 14.5 Å². The molecule has 0 unspecified atom stereocenters. The summed E-state index contributed by atoms with van der Waals surface area (Å²) in [7, 11) is -3.08. The predicted molar refractivity (Wildman–Crippen MR) is 88.3 cm³/mol. The topological polar surface area (TPSA) is 54.4 Å². The van der Waals surface area contributed by atoms with Gasteiger partial charge in [0.1, 0.15) is 0 Å². The van der Waals surface area contributed by atoms with Crippen molar-refractivity contribution in [3.8, 4) is 0 Å². The fraction of sp³-hybridized carbons (Fsp3) is 0.167. The number of allylic oxidation sites excluding steroid dienone is 1. The van der Waals surface area contributed by atoms with Gasteiger partial charge in [-0.2, -0.15) is 0 Å². The summed E-state index contributed by atoms with van der Waals surface area (Å²) in [4.78, 5) is 11.5. The minimum absolute atomic E-state index is 0.330. The fourth-order valence-corrected chi connectivity index (χ4v) is 6.21. The van der Waals surface area contributed by atoms with E-state index in [1.807, 2.05) is 60.7 Å². The van der Waals surface area contributed by atoms with E-state index in [9.17, 15) is 14.5 Å². The molecule has 0 saturated heterocycles. The van der Waals surface area contributed by atoms with E-state index in [2.05, 4.69) is 0 Å². The van der Waals surface area contributed by atoms with Crippen LogP contribution in [0.1, 0.15) is 19.3 Å². The Bertz CT molecular complexity index is 720. The highest BCUT2D eigenvalue weighted by atomic mass is 31.2. The molecule has 1 aliphatic carbocycles. The van der Waals surface area contributed by atoms with Gasteiger partial charge >= 0.3 is 5.97 Å². The van der Waals surface area contributed by atoms with Crippen LogP contribution in [0.4, 0.5) is 0 Å². The average molecular weight is 312 g/mol. The van der Waals surface area contributed by atoms with E-state index >= 15 is 0 Å². The second kappa shape index (κ2) is 5.94. The lowest BCUT2D eigenvalue weighted by molar-refractivity contribution is -0.132. The molecule has 4 heteroatoms. The van der Waals surface area contributed by atoms with Crippen molar-refractivity contribution in [3.05, 3.63) is 71.6 Å². The van der Waals surface area contributed by atoms with Crippen LogP contribution >= 0.6 is 7.14 Å². The molecular weight excluding hydrogens is 295 g/mol. The first kappa shape index (κ1) is 14.8. The number of carboxylic acids is 1. The van der Waals surface area contributed by atoms with Crippen molar-refractivity contribution >= 4 is 23.7 Å².